The molecule has 1 saturated carbocycles. The standard InChI is InChI=1S/C17H15BrO3S/c1-11-2-8-14(9-3-11)22(20,21)17-15(10-19)16(17)12-4-6-13(18)7-5-12/h2-10,15-17H,1H3/t15-,16-,17-/m1/s1. The first-order valence-electron chi connectivity index (χ1n) is 6.96. The summed E-state index contributed by atoms with van der Waals surface area (Å²) < 4.78 is 26.4. The second kappa shape index (κ2) is 5.63. The van der Waals surface area contributed by atoms with Gasteiger partial charge in [-0.2, -0.15) is 0 Å². The zero-order chi connectivity index (χ0) is 15.9. The molecule has 0 heterocycles. The van der Waals surface area contributed by atoms with Crippen molar-refractivity contribution in [2.75, 3.05) is 0 Å². The van der Waals surface area contributed by atoms with Crippen LogP contribution in [0.1, 0.15) is 17.0 Å². The molecular formula is C17H15BrO3S. The Hall–Kier alpha value is -1.46. The fraction of sp³-hybridized carbons (Fsp3) is 0.235. The summed E-state index contributed by atoms with van der Waals surface area (Å²) in [5.74, 6) is -0.718. The molecule has 0 amide bonds. The highest BCUT2D eigenvalue weighted by Crippen LogP contribution is 2.52. The summed E-state index contributed by atoms with van der Waals surface area (Å²) in [4.78, 5) is 11.6. The van der Waals surface area contributed by atoms with Crippen LogP contribution >= 0.6 is 15.9 Å². The Labute approximate surface area is 138 Å². The van der Waals surface area contributed by atoms with Crippen molar-refractivity contribution in [2.45, 2.75) is 23.0 Å². The van der Waals surface area contributed by atoms with E-state index in [1.165, 1.54) is 0 Å². The largest absolute Gasteiger partial charge is 0.303 e. The first-order valence-corrected chi connectivity index (χ1v) is 9.30. The third kappa shape index (κ3) is 2.63. The van der Waals surface area contributed by atoms with Gasteiger partial charge in [-0.15, -0.1) is 0 Å². The number of aldehydes is 1. The minimum atomic E-state index is -3.49. The molecule has 0 aromatic heterocycles. The summed E-state index contributed by atoms with van der Waals surface area (Å²) in [7, 11) is -3.49. The van der Waals surface area contributed by atoms with Gasteiger partial charge in [-0.3, -0.25) is 0 Å². The number of rotatable bonds is 4. The maximum Gasteiger partial charge on any atom is 0.182 e. The van der Waals surface area contributed by atoms with Crippen LogP contribution in [0.4, 0.5) is 0 Å². The lowest BCUT2D eigenvalue weighted by molar-refractivity contribution is -0.108. The van der Waals surface area contributed by atoms with Crippen LogP contribution in [0.2, 0.25) is 0 Å². The summed E-state index contributed by atoms with van der Waals surface area (Å²) in [5.41, 5.74) is 1.90. The topological polar surface area (TPSA) is 51.2 Å². The van der Waals surface area contributed by atoms with Gasteiger partial charge in [-0.05, 0) is 36.8 Å². The molecule has 5 heteroatoms. The number of benzene rings is 2. The number of hydrogen-bond donors (Lipinski definition) is 0. The third-order valence-electron chi connectivity index (χ3n) is 4.13. The average molecular weight is 379 g/mol. The van der Waals surface area contributed by atoms with Gasteiger partial charge in [0, 0.05) is 16.3 Å². The molecule has 114 valence electrons. The van der Waals surface area contributed by atoms with Gasteiger partial charge in [0.2, 0.25) is 0 Å². The van der Waals surface area contributed by atoms with Crippen molar-refractivity contribution in [1.82, 2.24) is 0 Å². The summed E-state index contributed by atoms with van der Waals surface area (Å²) in [6.45, 7) is 1.91. The van der Waals surface area contributed by atoms with Crippen molar-refractivity contribution >= 4 is 32.1 Å². The van der Waals surface area contributed by atoms with Crippen LogP contribution in [-0.4, -0.2) is 20.0 Å². The van der Waals surface area contributed by atoms with Crippen LogP contribution in [0.5, 0.6) is 0 Å². The lowest BCUT2D eigenvalue weighted by atomic mass is 10.1. The number of aryl methyl sites for hydroxylation is 1. The fourth-order valence-electron chi connectivity index (χ4n) is 2.85. The van der Waals surface area contributed by atoms with Gasteiger partial charge in [-0.25, -0.2) is 8.42 Å². The average Bonchev–Trinajstić information content (AvgIpc) is 3.24. The van der Waals surface area contributed by atoms with Crippen LogP contribution in [0.25, 0.3) is 0 Å². The maximum atomic E-state index is 12.8. The molecule has 0 saturated heterocycles. The van der Waals surface area contributed by atoms with E-state index in [2.05, 4.69) is 15.9 Å². The monoisotopic (exact) mass is 378 g/mol. The second-order valence-corrected chi connectivity index (χ2v) is 8.63. The molecule has 3 atom stereocenters. The molecule has 0 N–H and O–H groups in total. The number of hydrogen-bond acceptors (Lipinski definition) is 3. The highest BCUT2D eigenvalue weighted by molar-refractivity contribution is 9.10. The van der Waals surface area contributed by atoms with E-state index in [1.54, 1.807) is 24.3 Å². The predicted molar refractivity (Wildman–Crippen MR) is 88.6 cm³/mol. The molecule has 0 spiro atoms. The Bertz CT molecular complexity index is 795. The zero-order valence-corrected chi connectivity index (χ0v) is 14.3. The maximum absolute atomic E-state index is 12.8. The molecule has 0 bridgehead atoms. The van der Waals surface area contributed by atoms with Crippen LogP contribution in [-0.2, 0) is 14.6 Å². The molecular weight excluding hydrogens is 364 g/mol. The van der Waals surface area contributed by atoms with Gasteiger partial charge in [0.15, 0.2) is 9.84 Å². The van der Waals surface area contributed by atoms with E-state index in [0.29, 0.717) is 0 Å². The van der Waals surface area contributed by atoms with Crippen LogP contribution in [0.3, 0.4) is 0 Å². The Kier molecular flexibility index (Phi) is 3.95. The van der Waals surface area contributed by atoms with Crippen LogP contribution in [0.15, 0.2) is 57.9 Å². The zero-order valence-electron chi connectivity index (χ0n) is 11.9. The Balaban J connectivity index is 1.95. The van der Waals surface area contributed by atoms with E-state index in [1.807, 2.05) is 31.2 Å². The van der Waals surface area contributed by atoms with Crippen LogP contribution in [0, 0.1) is 12.8 Å². The van der Waals surface area contributed by atoms with Crippen molar-refractivity contribution < 1.29 is 13.2 Å². The van der Waals surface area contributed by atoms with Crippen molar-refractivity contribution in [3.8, 4) is 0 Å². The van der Waals surface area contributed by atoms with E-state index < -0.39 is 21.0 Å². The number of sulfone groups is 1. The van der Waals surface area contributed by atoms with Crippen LogP contribution < -0.4 is 0 Å². The first-order chi connectivity index (χ1) is 10.4. The lowest BCUT2D eigenvalue weighted by Gasteiger charge is -2.05. The highest BCUT2D eigenvalue weighted by atomic mass is 79.9. The smallest absolute Gasteiger partial charge is 0.182 e. The Morgan fingerprint density at radius 3 is 2.14 bits per heavy atom. The minimum Gasteiger partial charge on any atom is -0.303 e. The van der Waals surface area contributed by atoms with Gasteiger partial charge in [0.05, 0.1) is 10.1 Å². The first kappa shape index (κ1) is 15.4. The van der Waals surface area contributed by atoms with Gasteiger partial charge < -0.3 is 4.79 Å². The summed E-state index contributed by atoms with van der Waals surface area (Å²) in [6, 6.07) is 14.3. The van der Waals surface area contributed by atoms with E-state index in [9.17, 15) is 13.2 Å². The highest BCUT2D eigenvalue weighted by Gasteiger charge is 2.58. The number of halogens is 1. The van der Waals surface area contributed by atoms with E-state index in [-0.39, 0.29) is 10.8 Å². The SMILES string of the molecule is Cc1ccc(S(=O)(=O)[C@@H]2[C@H](C=O)[C@H]2c2ccc(Br)cc2)cc1. The Morgan fingerprint density at radius 2 is 1.59 bits per heavy atom. The second-order valence-electron chi connectivity index (χ2n) is 5.61. The van der Waals surface area contributed by atoms with E-state index >= 15 is 0 Å². The van der Waals surface area contributed by atoms with Gasteiger partial charge in [0.25, 0.3) is 0 Å². The van der Waals surface area contributed by atoms with Crippen molar-refractivity contribution in [1.29, 1.82) is 0 Å². The summed E-state index contributed by atoms with van der Waals surface area (Å²) >= 11 is 3.36. The normalized spacial score (nSPS) is 24.0. The lowest BCUT2D eigenvalue weighted by Crippen LogP contribution is -2.11. The number of carbonyl (C=O) groups is 1. The molecule has 3 nitrogen and oxygen atoms in total. The van der Waals surface area contributed by atoms with E-state index in [0.717, 1.165) is 21.9 Å². The molecule has 0 unspecified atom stereocenters. The van der Waals surface area contributed by atoms with E-state index in [4.69, 9.17) is 0 Å². The molecule has 1 aliphatic carbocycles. The molecule has 3 rings (SSSR count). The minimum absolute atomic E-state index is 0.253. The molecule has 1 fully saturated rings. The third-order valence-corrected chi connectivity index (χ3v) is 6.91. The van der Waals surface area contributed by atoms with Gasteiger partial charge in [-0.1, -0.05) is 45.8 Å². The predicted octanol–water partition coefficient (Wildman–Crippen LogP) is 3.51. The van der Waals surface area contributed by atoms with Gasteiger partial charge >= 0.3 is 0 Å². The summed E-state index contributed by atoms with van der Waals surface area (Å²) in [6.07, 6.45) is 0.767. The van der Waals surface area contributed by atoms with Crippen molar-refractivity contribution in [2.24, 2.45) is 5.92 Å². The van der Waals surface area contributed by atoms with Gasteiger partial charge in [0.1, 0.15) is 6.29 Å². The molecule has 2 aromatic carbocycles. The quantitative estimate of drug-likeness (QED) is 0.764. The molecule has 1 aliphatic rings. The molecule has 0 radical (unpaired) electrons. The van der Waals surface area contributed by atoms with Crippen molar-refractivity contribution in [3.05, 3.63) is 64.1 Å². The number of carbonyl (C=O) groups excluding carboxylic acids is 1. The Morgan fingerprint density at radius 1 is 1.00 bits per heavy atom. The molecule has 22 heavy (non-hydrogen) atoms. The molecule has 0 aliphatic heterocycles. The van der Waals surface area contributed by atoms with Crippen molar-refractivity contribution in [3.63, 3.8) is 0 Å². The molecule has 2 aromatic rings. The summed E-state index contributed by atoms with van der Waals surface area (Å²) in [5, 5.41) is -0.658. The fourth-order valence-corrected chi connectivity index (χ4v) is 5.22.